The highest BCUT2D eigenvalue weighted by molar-refractivity contribution is 5.99. The van der Waals surface area contributed by atoms with Gasteiger partial charge in [0.15, 0.2) is 5.65 Å². The van der Waals surface area contributed by atoms with Crippen molar-refractivity contribution >= 4 is 23.2 Å². The number of hydrogen-bond acceptors (Lipinski definition) is 4. The second kappa shape index (κ2) is 8.55. The standard InChI is InChI=1S/C26H22N6O/c1-17-8-10-21(11-9-17)29-26(33)30-22-16-20(12-14-27-22)25-24(19-6-3-5-18(2)15-19)31-23-7-4-13-28-32(23)25/h3-16H,1-2H3,(H2,27,29,30,33). The van der Waals surface area contributed by atoms with E-state index in [1.807, 2.05) is 72.1 Å². The van der Waals surface area contributed by atoms with Gasteiger partial charge in [-0.1, -0.05) is 41.5 Å². The van der Waals surface area contributed by atoms with E-state index in [0.717, 1.165) is 39.3 Å². The lowest BCUT2D eigenvalue weighted by Gasteiger charge is -2.10. The van der Waals surface area contributed by atoms with Crippen LogP contribution in [0.25, 0.3) is 28.2 Å². The molecule has 0 fully saturated rings. The molecule has 5 rings (SSSR count). The molecule has 162 valence electrons. The first-order chi connectivity index (χ1) is 16.1. The van der Waals surface area contributed by atoms with Gasteiger partial charge in [0.1, 0.15) is 11.5 Å². The lowest BCUT2D eigenvalue weighted by molar-refractivity contribution is 0.262. The zero-order valence-electron chi connectivity index (χ0n) is 18.3. The summed E-state index contributed by atoms with van der Waals surface area (Å²) in [7, 11) is 0. The summed E-state index contributed by atoms with van der Waals surface area (Å²) in [5.74, 6) is 0.429. The van der Waals surface area contributed by atoms with Gasteiger partial charge >= 0.3 is 6.03 Å². The predicted molar refractivity (Wildman–Crippen MR) is 130 cm³/mol. The first-order valence-corrected chi connectivity index (χ1v) is 10.6. The highest BCUT2D eigenvalue weighted by Crippen LogP contribution is 2.33. The molecule has 0 saturated heterocycles. The molecule has 5 aromatic rings. The van der Waals surface area contributed by atoms with E-state index < -0.39 is 0 Å². The normalized spacial score (nSPS) is 10.8. The minimum atomic E-state index is -0.362. The zero-order valence-corrected chi connectivity index (χ0v) is 18.3. The molecule has 0 aliphatic heterocycles. The first kappa shape index (κ1) is 20.4. The van der Waals surface area contributed by atoms with Gasteiger partial charge in [-0.3, -0.25) is 5.32 Å². The fraction of sp³-hybridized carbons (Fsp3) is 0.0769. The van der Waals surface area contributed by atoms with Gasteiger partial charge in [-0.05, 0) is 56.3 Å². The summed E-state index contributed by atoms with van der Waals surface area (Å²) in [6, 6.07) is 22.9. The van der Waals surface area contributed by atoms with Crippen molar-refractivity contribution in [2.75, 3.05) is 10.6 Å². The summed E-state index contributed by atoms with van der Waals surface area (Å²) < 4.78 is 1.81. The minimum absolute atomic E-state index is 0.362. The van der Waals surface area contributed by atoms with E-state index in [0.29, 0.717) is 11.5 Å². The van der Waals surface area contributed by atoms with Gasteiger partial charge in [0.05, 0.1) is 5.69 Å². The van der Waals surface area contributed by atoms with Crippen LogP contribution >= 0.6 is 0 Å². The third-order valence-electron chi connectivity index (χ3n) is 5.27. The van der Waals surface area contributed by atoms with Crippen LogP contribution in [0.2, 0.25) is 0 Å². The van der Waals surface area contributed by atoms with Gasteiger partial charge in [-0.25, -0.2) is 19.3 Å². The molecule has 0 spiro atoms. The molecular weight excluding hydrogens is 412 g/mol. The monoisotopic (exact) mass is 434 g/mol. The molecular formula is C26H22N6O. The Labute approximate surface area is 191 Å². The molecule has 2 aromatic carbocycles. The fourth-order valence-corrected chi connectivity index (χ4v) is 3.70. The third-order valence-corrected chi connectivity index (χ3v) is 5.27. The van der Waals surface area contributed by atoms with Crippen LogP contribution in [-0.2, 0) is 0 Å². The van der Waals surface area contributed by atoms with Gasteiger partial charge in [-0.2, -0.15) is 5.10 Å². The zero-order chi connectivity index (χ0) is 22.8. The number of nitrogens with one attached hydrogen (secondary N) is 2. The van der Waals surface area contributed by atoms with E-state index in [1.54, 1.807) is 12.4 Å². The Morgan fingerprint density at radius 2 is 1.67 bits per heavy atom. The fourth-order valence-electron chi connectivity index (χ4n) is 3.70. The maximum atomic E-state index is 12.5. The van der Waals surface area contributed by atoms with Gasteiger partial charge < -0.3 is 5.32 Å². The molecule has 7 heteroatoms. The Bertz CT molecular complexity index is 1460. The quantitative estimate of drug-likeness (QED) is 0.379. The third kappa shape index (κ3) is 4.29. The Hall–Kier alpha value is -4.52. The van der Waals surface area contributed by atoms with E-state index >= 15 is 0 Å². The number of imidazole rings is 1. The molecule has 33 heavy (non-hydrogen) atoms. The molecule has 0 saturated carbocycles. The molecule has 0 bridgehead atoms. The van der Waals surface area contributed by atoms with Crippen molar-refractivity contribution in [3.8, 4) is 22.5 Å². The van der Waals surface area contributed by atoms with Crippen molar-refractivity contribution in [3.63, 3.8) is 0 Å². The number of aryl methyl sites for hydroxylation is 2. The lowest BCUT2D eigenvalue weighted by atomic mass is 10.0. The lowest BCUT2D eigenvalue weighted by Crippen LogP contribution is -2.20. The number of pyridine rings is 1. The molecule has 0 aliphatic rings. The molecule has 3 aromatic heterocycles. The summed E-state index contributed by atoms with van der Waals surface area (Å²) >= 11 is 0. The second-order valence-corrected chi connectivity index (χ2v) is 7.85. The van der Waals surface area contributed by atoms with E-state index in [4.69, 9.17) is 4.98 Å². The SMILES string of the molecule is Cc1ccc(NC(=O)Nc2cc(-c3c(-c4cccc(C)c4)nc4cccnn34)ccn2)cc1. The number of hydrogen-bond donors (Lipinski definition) is 2. The van der Waals surface area contributed by atoms with Crippen LogP contribution in [0.1, 0.15) is 11.1 Å². The maximum Gasteiger partial charge on any atom is 0.324 e. The first-order valence-electron chi connectivity index (χ1n) is 10.6. The van der Waals surface area contributed by atoms with Crippen LogP contribution < -0.4 is 10.6 Å². The van der Waals surface area contributed by atoms with Crippen molar-refractivity contribution in [1.82, 2.24) is 19.6 Å². The molecule has 0 radical (unpaired) electrons. The number of fused-ring (bicyclic) bond motifs is 1. The Balaban J connectivity index is 1.50. The van der Waals surface area contributed by atoms with Gasteiger partial charge in [0, 0.05) is 29.2 Å². The predicted octanol–water partition coefficient (Wildman–Crippen LogP) is 5.72. The smallest absolute Gasteiger partial charge is 0.308 e. The van der Waals surface area contributed by atoms with Crippen LogP contribution in [0, 0.1) is 13.8 Å². The average molecular weight is 435 g/mol. The Kier molecular flexibility index (Phi) is 5.28. The van der Waals surface area contributed by atoms with Crippen molar-refractivity contribution in [2.45, 2.75) is 13.8 Å². The van der Waals surface area contributed by atoms with Crippen molar-refractivity contribution in [1.29, 1.82) is 0 Å². The van der Waals surface area contributed by atoms with E-state index in [9.17, 15) is 4.79 Å². The number of urea groups is 1. The number of benzene rings is 2. The number of aromatic nitrogens is 4. The van der Waals surface area contributed by atoms with Crippen LogP contribution in [0.3, 0.4) is 0 Å². The molecule has 0 aliphatic carbocycles. The molecule has 7 nitrogen and oxygen atoms in total. The van der Waals surface area contributed by atoms with Crippen molar-refractivity contribution in [3.05, 3.63) is 96.3 Å². The van der Waals surface area contributed by atoms with Gasteiger partial charge in [0.25, 0.3) is 0 Å². The molecule has 0 unspecified atom stereocenters. The highest BCUT2D eigenvalue weighted by atomic mass is 16.2. The summed E-state index contributed by atoms with van der Waals surface area (Å²) in [6.45, 7) is 4.05. The van der Waals surface area contributed by atoms with Gasteiger partial charge in [-0.15, -0.1) is 0 Å². The Morgan fingerprint density at radius 1 is 0.818 bits per heavy atom. The van der Waals surface area contributed by atoms with E-state index in [-0.39, 0.29) is 6.03 Å². The van der Waals surface area contributed by atoms with Crippen LogP contribution in [0.15, 0.2) is 85.2 Å². The molecule has 2 amide bonds. The van der Waals surface area contributed by atoms with Crippen molar-refractivity contribution < 1.29 is 4.79 Å². The van der Waals surface area contributed by atoms with Crippen LogP contribution in [0.4, 0.5) is 16.3 Å². The number of carbonyl (C=O) groups excluding carboxylic acids is 1. The number of amides is 2. The summed E-state index contributed by atoms with van der Waals surface area (Å²) in [5, 5.41) is 10.2. The minimum Gasteiger partial charge on any atom is -0.308 e. The number of nitrogens with zero attached hydrogens (tertiary/aromatic N) is 4. The highest BCUT2D eigenvalue weighted by Gasteiger charge is 2.18. The summed E-state index contributed by atoms with van der Waals surface area (Å²) in [5.41, 5.74) is 7.22. The van der Waals surface area contributed by atoms with Crippen molar-refractivity contribution in [2.24, 2.45) is 0 Å². The Morgan fingerprint density at radius 3 is 2.48 bits per heavy atom. The largest absolute Gasteiger partial charge is 0.324 e. The summed E-state index contributed by atoms with van der Waals surface area (Å²) in [6.07, 6.45) is 3.40. The summed E-state index contributed by atoms with van der Waals surface area (Å²) in [4.78, 5) is 21.7. The molecule has 3 heterocycles. The molecule has 2 N–H and O–H groups in total. The second-order valence-electron chi connectivity index (χ2n) is 7.85. The maximum absolute atomic E-state index is 12.5. The topological polar surface area (TPSA) is 84.2 Å². The number of rotatable bonds is 4. The average Bonchev–Trinajstić information content (AvgIpc) is 3.20. The van der Waals surface area contributed by atoms with Gasteiger partial charge in [0.2, 0.25) is 0 Å². The van der Waals surface area contributed by atoms with Crippen LogP contribution in [-0.4, -0.2) is 25.6 Å². The van der Waals surface area contributed by atoms with Crippen LogP contribution in [0.5, 0.6) is 0 Å². The number of anilines is 2. The van der Waals surface area contributed by atoms with E-state index in [1.165, 1.54) is 0 Å². The molecule has 0 atom stereocenters. The van der Waals surface area contributed by atoms with E-state index in [2.05, 4.69) is 39.8 Å². The number of carbonyl (C=O) groups is 1.